The van der Waals surface area contributed by atoms with Crippen LogP contribution in [0.3, 0.4) is 0 Å². The van der Waals surface area contributed by atoms with E-state index in [0.29, 0.717) is 6.54 Å². The molecule has 3 aliphatic heterocycles. The Hall–Kier alpha value is -2.05. The van der Waals surface area contributed by atoms with Crippen molar-refractivity contribution in [3.05, 3.63) is 36.4 Å². The Bertz CT molecular complexity index is 707. The summed E-state index contributed by atoms with van der Waals surface area (Å²) in [5, 5.41) is 9.99. The Morgan fingerprint density at radius 1 is 1.31 bits per heavy atom. The summed E-state index contributed by atoms with van der Waals surface area (Å²) >= 11 is 0. The summed E-state index contributed by atoms with van der Waals surface area (Å²) in [6.45, 7) is 8.87. The molecule has 140 valence electrons. The highest BCUT2D eigenvalue weighted by Gasteiger charge is 2.52. The van der Waals surface area contributed by atoms with E-state index < -0.39 is 11.4 Å². The minimum absolute atomic E-state index is 0.150. The first-order valence-corrected chi connectivity index (χ1v) is 9.28. The molecular weight excluding hydrogens is 332 g/mol. The van der Waals surface area contributed by atoms with Gasteiger partial charge >= 0.3 is 5.97 Å². The van der Waals surface area contributed by atoms with Gasteiger partial charge in [0.05, 0.1) is 5.41 Å². The van der Waals surface area contributed by atoms with E-state index in [4.69, 9.17) is 9.47 Å². The summed E-state index contributed by atoms with van der Waals surface area (Å²) in [5.74, 6) is 1.11. The van der Waals surface area contributed by atoms with Gasteiger partial charge in [-0.05, 0) is 37.1 Å². The Labute approximate surface area is 154 Å². The van der Waals surface area contributed by atoms with E-state index in [1.807, 2.05) is 18.2 Å². The summed E-state index contributed by atoms with van der Waals surface area (Å²) in [5.41, 5.74) is 0.560. The minimum atomic E-state index is -0.640. The van der Waals surface area contributed by atoms with Crippen LogP contribution in [-0.4, -0.2) is 60.4 Å². The fourth-order valence-electron chi connectivity index (χ4n) is 4.73. The average Bonchev–Trinajstić information content (AvgIpc) is 3.16. The van der Waals surface area contributed by atoms with Crippen molar-refractivity contribution in [2.45, 2.75) is 19.4 Å². The van der Waals surface area contributed by atoms with Gasteiger partial charge in [-0.15, -0.1) is 6.58 Å². The smallest absolute Gasteiger partial charge is 0.311 e. The van der Waals surface area contributed by atoms with Crippen molar-refractivity contribution >= 4 is 5.97 Å². The first-order valence-electron chi connectivity index (χ1n) is 9.28. The van der Waals surface area contributed by atoms with E-state index in [2.05, 4.69) is 22.4 Å². The zero-order chi connectivity index (χ0) is 18.1. The highest BCUT2D eigenvalue weighted by molar-refractivity contribution is 5.76. The van der Waals surface area contributed by atoms with Gasteiger partial charge in [0.25, 0.3) is 0 Å². The molecule has 1 N–H and O–H groups in total. The van der Waals surface area contributed by atoms with Crippen LogP contribution in [0.2, 0.25) is 0 Å². The largest absolute Gasteiger partial charge is 0.481 e. The molecule has 2 atom stereocenters. The van der Waals surface area contributed by atoms with Gasteiger partial charge in [-0.25, -0.2) is 0 Å². The molecule has 0 bridgehead atoms. The third kappa shape index (κ3) is 3.08. The van der Waals surface area contributed by atoms with Crippen molar-refractivity contribution in [1.29, 1.82) is 0 Å². The summed E-state index contributed by atoms with van der Waals surface area (Å²) in [7, 11) is 0. The lowest BCUT2D eigenvalue weighted by molar-refractivity contribution is -0.150. The number of fused-ring (bicyclic) bond motifs is 2. The van der Waals surface area contributed by atoms with Crippen LogP contribution in [0.4, 0.5) is 0 Å². The Morgan fingerprint density at radius 3 is 2.92 bits per heavy atom. The predicted molar refractivity (Wildman–Crippen MR) is 97.3 cm³/mol. The van der Waals surface area contributed by atoms with E-state index in [9.17, 15) is 9.90 Å². The van der Waals surface area contributed by atoms with Crippen LogP contribution < -0.4 is 9.47 Å². The Kier molecular flexibility index (Phi) is 4.63. The van der Waals surface area contributed by atoms with Gasteiger partial charge in [0, 0.05) is 38.6 Å². The maximum Gasteiger partial charge on any atom is 0.311 e. The summed E-state index contributed by atoms with van der Waals surface area (Å²) in [6.07, 6.45) is 3.53. The fraction of sp³-hybridized carbons (Fsp3) is 0.550. The highest BCUT2D eigenvalue weighted by Crippen LogP contribution is 2.43. The first-order chi connectivity index (χ1) is 12.6. The summed E-state index contributed by atoms with van der Waals surface area (Å²) in [4.78, 5) is 16.8. The van der Waals surface area contributed by atoms with Gasteiger partial charge in [0.1, 0.15) is 0 Å². The SMILES string of the molecule is C=CCN1C[C@@H]2CN(Cc3ccc4c(c3)OCO4)CCC[C@]2(C(=O)O)C1. The zero-order valence-electron chi connectivity index (χ0n) is 15.0. The molecule has 1 aromatic rings. The van der Waals surface area contributed by atoms with Crippen LogP contribution in [0.5, 0.6) is 11.5 Å². The third-order valence-electron chi connectivity index (χ3n) is 6.00. The number of ether oxygens (including phenoxy) is 2. The lowest BCUT2D eigenvalue weighted by Crippen LogP contribution is -2.41. The molecule has 2 fully saturated rings. The fourth-order valence-corrected chi connectivity index (χ4v) is 4.73. The molecule has 6 nitrogen and oxygen atoms in total. The van der Waals surface area contributed by atoms with E-state index >= 15 is 0 Å². The molecule has 0 aliphatic carbocycles. The number of hydrogen-bond acceptors (Lipinski definition) is 5. The summed E-state index contributed by atoms with van der Waals surface area (Å²) in [6, 6.07) is 6.07. The van der Waals surface area contributed by atoms with Gasteiger partial charge in [0.15, 0.2) is 11.5 Å². The second-order valence-electron chi connectivity index (χ2n) is 7.67. The maximum atomic E-state index is 12.2. The van der Waals surface area contributed by atoms with E-state index in [1.54, 1.807) is 0 Å². The van der Waals surface area contributed by atoms with Crippen LogP contribution >= 0.6 is 0 Å². The first kappa shape index (κ1) is 17.4. The van der Waals surface area contributed by atoms with E-state index in [0.717, 1.165) is 57.1 Å². The second-order valence-corrected chi connectivity index (χ2v) is 7.67. The molecular formula is C20H26N2O4. The standard InChI is InChI=1S/C20H26N2O4/c1-2-7-22-12-16-11-21(8-3-6-20(16,13-22)19(23)24)10-15-4-5-17-18(9-15)26-14-25-17/h2,4-5,9,16H,1,3,6-8,10-14H2,(H,23,24)/t16-,20-/m0/s1. The van der Waals surface area contributed by atoms with Crippen LogP contribution in [0, 0.1) is 11.3 Å². The molecule has 0 amide bonds. The number of likely N-dealkylation sites (tertiary alicyclic amines) is 2. The minimum Gasteiger partial charge on any atom is -0.481 e. The number of aliphatic carboxylic acids is 1. The molecule has 0 aromatic heterocycles. The van der Waals surface area contributed by atoms with Crippen LogP contribution in [0.25, 0.3) is 0 Å². The van der Waals surface area contributed by atoms with Crippen molar-refractivity contribution in [3.63, 3.8) is 0 Å². The molecule has 3 aliphatic rings. The molecule has 0 unspecified atom stereocenters. The van der Waals surface area contributed by atoms with Crippen molar-refractivity contribution in [1.82, 2.24) is 9.80 Å². The number of carboxylic acid groups (broad SMARTS) is 1. The number of nitrogens with zero attached hydrogens (tertiary/aromatic N) is 2. The van der Waals surface area contributed by atoms with Gasteiger partial charge in [-0.1, -0.05) is 12.1 Å². The molecule has 2 saturated heterocycles. The number of hydrogen-bond donors (Lipinski definition) is 1. The van der Waals surface area contributed by atoms with Gasteiger partial charge in [-0.2, -0.15) is 0 Å². The highest BCUT2D eigenvalue weighted by atomic mass is 16.7. The number of benzene rings is 1. The van der Waals surface area contributed by atoms with Crippen molar-refractivity contribution < 1.29 is 19.4 Å². The quantitative estimate of drug-likeness (QED) is 0.815. The molecule has 0 saturated carbocycles. The maximum absolute atomic E-state index is 12.2. The van der Waals surface area contributed by atoms with Crippen molar-refractivity contribution in [2.75, 3.05) is 39.5 Å². The second kappa shape index (κ2) is 6.93. The number of carbonyl (C=O) groups is 1. The normalized spacial score (nSPS) is 28.5. The van der Waals surface area contributed by atoms with E-state index in [1.165, 1.54) is 5.56 Å². The molecule has 1 aromatic carbocycles. The molecule has 0 radical (unpaired) electrons. The van der Waals surface area contributed by atoms with Crippen molar-refractivity contribution in [2.24, 2.45) is 11.3 Å². The zero-order valence-corrected chi connectivity index (χ0v) is 15.0. The Balaban J connectivity index is 1.50. The lowest BCUT2D eigenvalue weighted by Gasteiger charge is -2.29. The lowest BCUT2D eigenvalue weighted by atomic mass is 9.75. The van der Waals surface area contributed by atoms with Crippen LogP contribution in [-0.2, 0) is 11.3 Å². The Morgan fingerprint density at radius 2 is 2.12 bits per heavy atom. The van der Waals surface area contributed by atoms with Gasteiger partial charge in [-0.3, -0.25) is 14.6 Å². The van der Waals surface area contributed by atoms with E-state index in [-0.39, 0.29) is 12.7 Å². The molecule has 4 rings (SSSR count). The van der Waals surface area contributed by atoms with Crippen LogP contribution in [0.15, 0.2) is 30.9 Å². The van der Waals surface area contributed by atoms with Gasteiger partial charge < -0.3 is 14.6 Å². The molecule has 26 heavy (non-hydrogen) atoms. The average molecular weight is 358 g/mol. The van der Waals surface area contributed by atoms with Crippen LogP contribution in [0.1, 0.15) is 18.4 Å². The summed E-state index contributed by atoms with van der Waals surface area (Å²) < 4.78 is 10.9. The molecule has 0 spiro atoms. The topological polar surface area (TPSA) is 62.2 Å². The molecule has 6 heteroatoms. The van der Waals surface area contributed by atoms with Crippen molar-refractivity contribution in [3.8, 4) is 11.5 Å². The third-order valence-corrected chi connectivity index (χ3v) is 6.00. The number of rotatable bonds is 5. The van der Waals surface area contributed by atoms with Gasteiger partial charge in [0.2, 0.25) is 6.79 Å². The monoisotopic (exact) mass is 358 g/mol. The molecule has 3 heterocycles. The number of carboxylic acids is 1. The predicted octanol–water partition coefficient (Wildman–Crippen LogP) is 2.20.